The van der Waals surface area contributed by atoms with Crippen molar-refractivity contribution in [1.82, 2.24) is 10.6 Å². The molecule has 3 N–H and O–H groups in total. The van der Waals surface area contributed by atoms with Crippen LogP contribution in [0.2, 0.25) is 0 Å². The van der Waals surface area contributed by atoms with E-state index in [0.717, 1.165) is 43.2 Å². The molecule has 6 heteroatoms. The first-order valence-electron chi connectivity index (χ1n) is 12.2. The molecule has 1 unspecified atom stereocenters. The van der Waals surface area contributed by atoms with Gasteiger partial charge < -0.3 is 15.7 Å². The highest BCUT2D eigenvalue weighted by atomic mass is 16.4. The summed E-state index contributed by atoms with van der Waals surface area (Å²) < 4.78 is 0. The maximum absolute atomic E-state index is 13.7. The molecule has 0 radical (unpaired) electrons. The van der Waals surface area contributed by atoms with Crippen LogP contribution >= 0.6 is 0 Å². The molecule has 1 saturated carbocycles. The number of carboxylic acid groups (broad SMARTS) is 1. The molecule has 2 aromatic rings. The Labute approximate surface area is 202 Å². The number of carbonyl (C=O) groups excluding carboxylic acids is 2. The minimum absolute atomic E-state index is 0.210. The van der Waals surface area contributed by atoms with Gasteiger partial charge in [-0.15, -0.1) is 0 Å². The van der Waals surface area contributed by atoms with Crippen LogP contribution in [0.1, 0.15) is 76.0 Å². The van der Waals surface area contributed by atoms with E-state index >= 15 is 0 Å². The molecule has 2 aromatic carbocycles. The Bertz CT molecular complexity index is 972. The molecule has 1 aliphatic rings. The summed E-state index contributed by atoms with van der Waals surface area (Å²) in [5.41, 5.74) is 0.390. The number of rotatable bonds is 12. The van der Waals surface area contributed by atoms with Gasteiger partial charge in [-0.25, -0.2) is 4.79 Å². The quantitative estimate of drug-likeness (QED) is 0.365. The Balaban J connectivity index is 1.88. The van der Waals surface area contributed by atoms with Crippen LogP contribution in [0.3, 0.4) is 0 Å². The van der Waals surface area contributed by atoms with Gasteiger partial charge in [0.1, 0.15) is 5.54 Å². The normalized spacial score (nSPS) is 17.0. The molecule has 0 bridgehead atoms. The molecule has 1 fully saturated rings. The zero-order valence-corrected chi connectivity index (χ0v) is 20.2. The Hall–Kier alpha value is -3.15. The molecule has 6 nitrogen and oxygen atoms in total. The number of nitrogens with one attached hydrogen (secondary N) is 2. The summed E-state index contributed by atoms with van der Waals surface area (Å²) >= 11 is 0. The molecule has 0 spiro atoms. The number of carbonyl (C=O) groups is 3. The Morgan fingerprint density at radius 2 is 1.65 bits per heavy atom. The van der Waals surface area contributed by atoms with E-state index in [0.29, 0.717) is 19.3 Å². The third-order valence-corrected chi connectivity index (χ3v) is 7.10. The van der Waals surface area contributed by atoms with Crippen LogP contribution in [0.25, 0.3) is 0 Å². The Kier molecular flexibility index (Phi) is 8.48. The molecule has 0 aromatic heterocycles. The van der Waals surface area contributed by atoms with Gasteiger partial charge in [-0.3, -0.25) is 9.59 Å². The average Bonchev–Trinajstić information content (AvgIpc) is 2.81. The maximum atomic E-state index is 13.7. The summed E-state index contributed by atoms with van der Waals surface area (Å²) in [6.45, 7) is 3.82. The molecule has 1 aliphatic carbocycles. The molecule has 2 atom stereocenters. The van der Waals surface area contributed by atoms with Crippen LogP contribution in [-0.4, -0.2) is 28.4 Å². The number of amides is 2. The smallest absolute Gasteiger partial charge is 0.405 e. The first kappa shape index (κ1) is 25.5. The van der Waals surface area contributed by atoms with Gasteiger partial charge in [-0.2, -0.15) is 0 Å². The van der Waals surface area contributed by atoms with E-state index in [4.69, 9.17) is 0 Å². The zero-order valence-electron chi connectivity index (χ0n) is 20.2. The molecule has 2 amide bonds. The fourth-order valence-corrected chi connectivity index (χ4v) is 5.20. The fourth-order valence-electron chi connectivity index (χ4n) is 5.20. The van der Waals surface area contributed by atoms with Crippen molar-refractivity contribution in [3.63, 3.8) is 0 Å². The van der Waals surface area contributed by atoms with E-state index in [2.05, 4.69) is 22.8 Å². The van der Waals surface area contributed by atoms with Crippen molar-refractivity contribution in [2.45, 2.75) is 76.8 Å². The summed E-state index contributed by atoms with van der Waals surface area (Å²) in [5, 5.41) is 15.1. The predicted molar refractivity (Wildman–Crippen MR) is 132 cm³/mol. The van der Waals surface area contributed by atoms with Crippen LogP contribution in [0.5, 0.6) is 0 Å². The van der Waals surface area contributed by atoms with Crippen LogP contribution in [0.4, 0.5) is 4.79 Å². The summed E-state index contributed by atoms with van der Waals surface area (Å²) in [6.07, 6.45) is 4.42. The second-order valence-corrected chi connectivity index (χ2v) is 9.74. The van der Waals surface area contributed by atoms with Gasteiger partial charge in [0.25, 0.3) is 5.91 Å². The van der Waals surface area contributed by atoms with Crippen LogP contribution in [-0.2, 0) is 16.0 Å². The number of unbranched alkanes of at least 4 members (excludes halogenated alkanes) is 1. The number of hydrogen-bond acceptors (Lipinski definition) is 3. The van der Waals surface area contributed by atoms with Crippen molar-refractivity contribution in [2.24, 2.45) is 5.41 Å². The molecule has 34 heavy (non-hydrogen) atoms. The minimum atomic E-state index is -1.45. The van der Waals surface area contributed by atoms with E-state index in [1.54, 1.807) is 0 Å². The van der Waals surface area contributed by atoms with E-state index in [1.165, 1.54) is 0 Å². The largest absolute Gasteiger partial charge is 0.465 e. The minimum Gasteiger partial charge on any atom is -0.465 e. The lowest BCUT2D eigenvalue weighted by Crippen LogP contribution is -2.61. The van der Waals surface area contributed by atoms with Crippen molar-refractivity contribution in [2.75, 3.05) is 0 Å². The number of benzene rings is 2. The van der Waals surface area contributed by atoms with Gasteiger partial charge in [0.2, 0.25) is 5.78 Å². The third kappa shape index (κ3) is 6.25. The van der Waals surface area contributed by atoms with E-state index in [9.17, 15) is 19.5 Å². The first-order chi connectivity index (χ1) is 16.3. The lowest BCUT2D eigenvalue weighted by atomic mass is 9.58. The second-order valence-electron chi connectivity index (χ2n) is 9.74. The fraction of sp³-hybridized carbons (Fsp3) is 0.464. The number of hydrogen-bond donors (Lipinski definition) is 3. The monoisotopic (exact) mass is 464 g/mol. The third-order valence-electron chi connectivity index (χ3n) is 7.10. The highest BCUT2D eigenvalue weighted by Crippen LogP contribution is 2.50. The second kappa shape index (κ2) is 11.3. The highest BCUT2D eigenvalue weighted by Gasteiger charge is 2.51. The van der Waals surface area contributed by atoms with Crippen LogP contribution in [0, 0.1) is 5.41 Å². The SMILES string of the molecule is CCCCC(CC1(Cc2ccccc2)CCC1)(NC(=O)O)C(=O)C(=O)N[C@H](C)c1ccccc1. The zero-order chi connectivity index (χ0) is 24.6. The van der Waals surface area contributed by atoms with Gasteiger partial charge >= 0.3 is 6.09 Å². The molecule has 3 rings (SSSR count). The highest BCUT2D eigenvalue weighted by molar-refractivity contribution is 6.40. The van der Waals surface area contributed by atoms with Gasteiger partial charge in [0.15, 0.2) is 0 Å². The maximum Gasteiger partial charge on any atom is 0.405 e. The summed E-state index contributed by atoms with van der Waals surface area (Å²) in [7, 11) is 0. The topological polar surface area (TPSA) is 95.5 Å². The van der Waals surface area contributed by atoms with Crippen molar-refractivity contribution >= 4 is 17.8 Å². The summed E-state index contributed by atoms with van der Waals surface area (Å²) in [5.74, 6) is -1.43. The molecular formula is C28H36N2O4. The summed E-state index contributed by atoms with van der Waals surface area (Å²) in [6, 6.07) is 19.1. The van der Waals surface area contributed by atoms with Crippen molar-refractivity contribution in [3.05, 3.63) is 71.8 Å². The molecular weight excluding hydrogens is 428 g/mol. The number of Topliss-reactive ketones (excluding diaryl/α,β-unsaturated/α-hetero) is 1. The Morgan fingerprint density at radius 3 is 2.18 bits per heavy atom. The standard InChI is InChI=1S/C28H36N2O4/c1-3-4-18-28(30-26(33)34,20-27(16-11-17-27)19-22-12-7-5-8-13-22)24(31)25(32)29-21(2)23-14-9-6-10-15-23/h5-10,12-15,21,30H,3-4,11,16-20H2,1-2H3,(H,29,32)(H,33,34)/t21-,28?/m1/s1. The van der Waals surface area contributed by atoms with Crippen molar-refractivity contribution < 1.29 is 19.5 Å². The van der Waals surface area contributed by atoms with Gasteiger partial charge in [0, 0.05) is 0 Å². The van der Waals surface area contributed by atoms with Crippen LogP contribution in [0.15, 0.2) is 60.7 Å². The van der Waals surface area contributed by atoms with Crippen molar-refractivity contribution in [3.8, 4) is 0 Å². The van der Waals surface area contributed by atoms with Crippen molar-refractivity contribution in [1.29, 1.82) is 0 Å². The lowest BCUT2D eigenvalue weighted by molar-refractivity contribution is -0.143. The van der Waals surface area contributed by atoms with Gasteiger partial charge in [0.05, 0.1) is 6.04 Å². The van der Waals surface area contributed by atoms with E-state index in [1.807, 2.05) is 62.4 Å². The lowest BCUT2D eigenvalue weighted by Gasteiger charge is -2.48. The summed E-state index contributed by atoms with van der Waals surface area (Å²) in [4.78, 5) is 38.8. The molecule has 182 valence electrons. The van der Waals surface area contributed by atoms with Gasteiger partial charge in [-0.05, 0) is 55.6 Å². The van der Waals surface area contributed by atoms with E-state index < -0.39 is 23.3 Å². The number of ketones is 1. The Morgan fingerprint density at radius 1 is 1.03 bits per heavy atom. The van der Waals surface area contributed by atoms with Gasteiger partial charge in [-0.1, -0.05) is 86.8 Å². The average molecular weight is 465 g/mol. The molecule has 0 aliphatic heterocycles. The van der Waals surface area contributed by atoms with E-state index in [-0.39, 0.29) is 11.5 Å². The first-order valence-corrected chi connectivity index (χ1v) is 12.2. The molecule has 0 heterocycles. The van der Waals surface area contributed by atoms with Crippen LogP contribution < -0.4 is 10.6 Å². The predicted octanol–water partition coefficient (Wildman–Crippen LogP) is 5.43. The molecule has 0 saturated heterocycles.